The lowest BCUT2D eigenvalue weighted by Crippen LogP contribution is -2.21. The van der Waals surface area contributed by atoms with E-state index in [4.69, 9.17) is 0 Å². The number of aliphatic carboxylic acids is 1. The first kappa shape index (κ1) is 14.7. The molecule has 5 nitrogen and oxygen atoms in total. The maximum atomic E-state index is 11.3. The van der Waals surface area contributed by atoms with Crippen molar-refractivity contribution < 1.29 is 9.90 Å². The summed E-state index contributed by atoms with van der Waals surface area (Å²) in [7, 11) is 0. The Balaban J connectivity index is 3.05. The summed E-state index contributed by atoms with van der Waals surface area (Å²) in [6.07, 6.45) is 1.44. The Hall–Kier alpha value is -1.36. The molecule has 0 saturated carbocycles. The van der Waals surface area contributed by atoms with E-state index in [1.165, 1.54) is 0 Å². The summed E-state index contributed by atoms with van der Waals surface area (Å²) in [5.74, 6) is -0.808. The van der Waals surface area contributed by atoms with Crippen LogP contribution in [0.4, 0.5) is 0 Å². The Labute approximate surface area is 108 Å². The van der Waals surface area contributed by atoms with Crippen molar-refractivity contribution in [2.75, 3.05) is 6.54 Å². The van der Waals surface area contributed by atoms with E-state index in [1.54, 1.807) is 4.68 Å². The third kappa shape index (κ3) is 3.10. The lowest BCUT2D eigenvalue weighted by atomic mass is 10.1. The number of hydrogen-bond acceptors (Lipinski definition) is 3. The highest BCUT2D eigenvalue weighted by Crippen LogP contribution is 2.21. The smallest absolute Gasteiger partial charge is 0.328 e. The summed E-state index contributed by atoms with van der Waals surface area (Å²) >= 11 is 0. The van der Waals surface area contributed by atoms with Gasteiger partial charge in [-0.1, -0.05) is 20.3 Å². The molecule has 5 heteroatoms. The Morgan fingerprint density at radius 3 is 2.61 bits per heavy atom. The number of rotatable bonds is 7. The van der Waals surface area contributed by atoms with Crippen molar-refractivity contribution in [2.45, 2.75) is 53.1 Å². The van der Waals surface area contributed by atoms with Crippen molar-refractivity contribution >= 4 is 5.97 Å². The van der Waals surface area contributed by atoms with Gasteiger partial charge in [-0.25, -0.2) is 4.79 Å². The lowest BCUT2D eigenvalue weighted by Gasteiger charge is -2.14. The standard InChI is InChI=1S/C13H23N3O2/c1-5-7-12(13(17)18)16-10(4)11(8-14-6-2)9(3)15-16/h12,14H,5-8H2,1-4H3,(H,17,18). The van der Waals surface area contributed by atoms with Gasteiger partial charge in [-0.15, -0.1) is 0 Å². The molecule has 0 bridgehead atoms. The molecule has 1 aromatic heterocycles. The first-order chi connectivity index (χ1) is 8.52. The normalized spacial score (nSPS) is 12.7. The van der Waals surface area contributed by atoms with E-state index in [1.807, 2.05) is 27.7 Å². The van der Waals surface area contributed by atoms with Crippen LogP contribution in [-0.2, 0) is 11.3 Å². The predicted molar refractivity (Wildman–Crippen MR) is 70.7 cm³/mol. The number of hydrogen-bond donors (Lipinski definition) is 2. The van der Waals surface area contributed by atoms with E-state index in [0.29, 0.717) is 6.42 Å². The first-order valence-corrected chi connectivity index (χ1v) is 6.50. The van der Waals surface area contributed by atoms with Crippen LogP contribution in [0, 0.1) is 13.8 Å². The van der Waals surface area contributed by atoms with Crippen LogP contribution in [0.15, 0.2) is 0 Å². The second kappa shape index (κ2) is 6.54. The van der Waals surface area contributed by atoms with Gasteiger partial charge in [-0.2, -0.15) is 5.10 Å². The van der Waals surface area contributed by atoms with Crippen LogP contribution in [0.2, 0.25) is 0 Å². The minimum absolute atomic E-state index is 0.552. The van der Waals surface area contributed by atoms with Crippen molar-refractivity contribution in [1.82, 2.24) is 15.1 Å². The average molecular weight is 253 g/mol. The molecule has 1 rings (SSSR count). The number of aromatic nitrogens is 2. The van der Waals surface area contributed by atoms with Gasteiger partial charge in [0.1, 0.15) is 6.04 Å². The zero-order valence-corrected chi connectivity index (χ0v) is 11.7. The van der Waals surface area contributed by atoms with Gasteiger partial charge in [0.2, 0.25) is 0 Å². The molecule has 1 unspecified atom stereocenters. The largest absolute Gasteiger partial charge is 0.480 e. The summed E-state index contributed by atoms with van der Waals surface area (Å²) in [4.78, 5) is 11.3. The summed E-state index contributed by atoms with van der Waals surface area (Å²) in [6, 6.07) is -0.552. The van der Waals surface area contributed by atoms with Crippen LogP contribution in [0.3, 0.4) is 0 Å². The minimum atomic E-state index is -0.808. The van der Waals surface area contributed by atoms with Gasteiger partial charge in [-0.3, -0.25) is 4.68 Å². The number of nitrogens with one attached hydrogen (secondary N) is 1. The molecule has 102 valence electrons. The zero-order valence-electron chi connectivity index (χ0n) is 11.7. The van der Waals surface area contributed by atoms with Crippen molar-refractivity contribution in [3.05, 3.63) is 17.0 Å². The van der Waals surface area contributed by atoms with Crippen LogP contribution < -0.4 is 5.32 Å². The molecule has 2 N–H and O–H groups in total. The number of aryl methyl sites for hydroxylation is 1. The number of nitrogens with zero attached hydrogens (tertiary/aromatic N) is 2. The molecular formula is C13H23N3O2. The van der Waals surface area contributed by atoms with E-state index in [9.17, 15) is 9.90 Å². The topological polar surface area (TPSA) is 67.1 Å². The molecule has 1 aromatic rings. The lowest BCUT2D eigenvalue weighted by molar-refractivity contribution is -0.141. The minimum Gasteiger partial charge on any atom is -0.480 e. The van der Waals surface area contributed by atoms with Crippen LogP contribution in [0.1, 0.15) is 49.7 Å². The zero-order chi connectivity index (χ0) is 13.7. The Kier molecular flexibility index (Phi) is 5.34. The van der Waals surface area contributed by atoms with E-state index < -0.39 is 12.0 Å². The molecule has 1 atom stereocenters. The summed E-state index contributed by atoms with van der Waals surface area (Å²) < 4.78 is 1.66. The quantitative estimate of drug-likeness (QED) is 0.780. The predicted octanol–water partition coefficient (Wildman–Crippen LogP) is 2.04. The van der Waals surface area contributed by atoms with Gasteiger partial charge in [0.25, 0.3) is 0 Å². The first-order valence-electron chi connectivity index (χ1n) is 6.50. The fourth-order valence-electron chi connectivity index (χ4n) is 2.13. The second-order valence-corrected chi connectivity index (χ2v) is 4.52. The molecule has 0 aliphatic heterocycles. The number of carboxylic acids is 1. The van der Waals surface area contributed by atoms with Gasteiger partial charge in [0.15, 0.2) is 0 Å². The van der Waals surface area contributed by atoms with Crippen molar-refractivity contribution in [3.8, 4) is 0 Å². The van der Waals surface area contributed by atoms with Gasteiger partial charge in [0, 0.05) is 17.8 Å². The third-order valence-corrected chi connectivity index (χ3v) is 3.17. The van der Waals surface area contributed by atoms with E-state index in [2.05, 4.69) is 10.4 Å². The fraction of sp³-hybridized carbons (Fsp3) is 0.692. The van der Waals surface area contributed by atoms with E-state index in [-0.39, 0.29) is 0 Å². The van der Waals surface area contributed by atoms with E-state index >= 15 is 0 Å². The maximum Gasteiger partial charge on any atom is 0.328 e. The van der Waals surface area contributed by atoms with Crippen molar-refractivity contribution in [3.63, 3.8) is 0 Å². The molecule has 0 aromatic carbocycles. The van der Waals surface area contributed by atoms with Gasteiger partial charge < -0.3 is 10.4 Å². The van der Waals surface area contributed by atoms with Gasteiger partial charge in [-0.05, 0) is 26.8 Å². The molecule has 1 heterocycles. The SMILES string of the molecule is CCCC(C(=O)O)n1nc(C)c(CNCC)c1C. The Morgan fingerprint density at radius 2 is 2.11 bits per heavy atom. The molecule has 0 amide bonds. The van der Waals surface area contributed by atoms with Crippen molar-refractivity contribution in [1.29, 1.82) is 0 Å². The highest BCUT2D eigenvalue weighted by atomic mass is 16.4. The maximum absolute atomic E-state index is 11.3. The summed E-state index contributed by atoms with van der Waals surface area (Å²) in [6.45, 7) is 9.54. The molecule has 18 heavy (non-hydrogen) atoms. The second-order valence-electron chi connectivity index (χ2n) is 4.52. The third-order valence-electron chi connectivity index (χ3n) is 3.17. The molecule has 0 aliphatic rings. The molecule has 0 saturated heterocycles. The fourth-order valence-corrected chi connectivity index (χ4v) is 2.13. The highest BCUT2D eigenvalue weighted by Gasteiger charge is 2.23. The summed E-state index contributed by atoms with van der Waals surface area (Å²) in [5.41, 5.74) is 2.98. The van der Waals surface area contributed by atoms with Crippen molar-refractivity contribution in [2.24, 2.45) is 0 Å². The van der Waals surface area contributed by atoms with Crippen LogP contribution in [-0.4, -0.2) is 27.4 Å². The summed E-state index contributed by atoms with van der Waals surface area (Å²) in [5, 5.41) is 16.9. The molecule has 0 radical (unpaired) electrons. The monoisotopic (exact) mass is 253 g/mol. The highest BCUT2D eigenvalue weighted by molar-refractivity contribution is 5.71. The van der Waals surface area contributed by atoms with Crippen LogP contribution in [0.25, 0.3) is 0 Å². The average Bonchev–Trinajstić information content (AvgIpc) is 2.59. The Bertz CT molecular complexity index is 413. The number of carboxylic acid groups (broad SMARTS) is 1. The Morgan fingerprint density at radius 1 is 1.44 bits per heavy atom. The van der Waals surface area contributed by atoms with Gasteiger partial charge >= 0.3 is 5.97 Å². The van der Waals surface area contributed by atoms with Gasteiger partial charge in [0.05, 0.1) is 5.69 Å². The van der Waals surface area contributed by atoms with Crippen LogP contribution in [0.5, 0.6) is 0 Å². The molecular weight excluding hydrogens is 230 g/mol. The molecule has 0 fully saturated rings. The van der Waals surface area contributed by atoms with E-state index in [0.717, 1.165) is 36.5 Å². The number of carbonyl (C=O) groups is 1. The molecule has 0 spiro atoms. The van der Waals surface area contributed by atoms with Crippen LogP contribution >= 0.6 is 0 Å². The molecule has 0 aliphatic carbocycles.